The molecule has 41 heavy (non-hydrogen) atoms. The van der Waals surface area contributed by atoms with Gasteiger partial charge in [0.15, 0.2) is 11.5 Å². The number of ether oxygens (including phenoxy) is 3. The maximum Gasteiger partial charge on any atom is 0.411 e. The second kappa shape index (κ2) is 11.9. The van der Waals surface area contributed by atoms with Crippen molar-refractivity contribution in [3.63, 3.8) is 0 Å². The van der Waals surface area contributed by atoms with E-state index in [2.05, 4.69) is 17.6 Å². The largest absolute Gasteiger partial charge is 0.454 e. The molecule has 3 aliphatic rings. The van der Waals surface area contributed by atoms with Crippen molar-refractivity contribution in [3.05, 3.63) is 52.0 Å². The van der Waals surface area contributed by atoms with Gasteiger partial charge < -0.3 is 29.7 Å². The molecule has 2 unspecified atom stereocenters. The Morgan fingerprint density at radius 3 is 2.59 bits per heavy atom. The van der Waals surface area contributed by atoms with E-state index in [1.54, 1.807) is 18.2 Å². The molecule has 222 valence electrons. The SMILES string of the molecule is C[C@@]12CC[C@@H](OC(=O)Nc3ccc(Cl)c(Cl)c3)[C@@](C)(CO)C1CC[C@@H](O)C2CC(=O)NCc1ccc2c(c1)OCO2. The molecule has 0 bridgehead atoms. The minimum absolute atomic E-state index is 0.0772. The normalized spacial score (nSPS) is 30.3. The fourth-order valence-electron chi connectivity index (χ4n) is 7.15. The van der Waals surface area contributed by atoms with Crippen molar-refractivity contribution in [2.24, 2.45) is 22.7 Å². The summed E-state index contributed by atoms with van der Waals surface area (Å²) in [5.41, 5.74) is 0.137. The average Bonchev–Trinajstić information content (AvgIpc) is 3.41. The molecule has 0 aromatic heterocycles. The number of carbonyl (C=O) groups excluding carboxylic acids is 2. The van der Waals surface area contributed by atoms with E-state index in [1.165, 1.54) is 0 Å². The minimum Gasteiger partial charge on any atom is -0.454 e. The van der Waals surface area contributed by atoms with Crippen molar-refractivity contribution in [1.29, 1.82) is 0 Å². The van der Waals surface area contributed by atoms with Gasteiger partial charge in [-0.05, 0) is 78.8 Å². The minimum atomic E-state index is -0.761. The molecule has 4 N–H and O–H groups in total. The van der Waals surface area contributed by atoms with Crippen LogP contribution in [0.1, 0.15) is 51.5 Å². The molecule has 1 aliphatic heterocycles. The maximum atomic E-state index is 13.1. The summed E-state index contributed by atoms with van der Waals surface area (Å²) in [6.07, 6.45) is 0.581. The first-order valence-corrected chi connectivity index (χ1v) is 14.7. The Morgan fingerprint density at radius 2 is 1.83 bits per heavy atom. The van der Waals surface area contributed by atoms with Crippen LogP contribution in [0.4, 0.5) is 10.5 Å². The molecule has 6 atom stereocenters. The van der Waals surface area contributed by atoms with Crippen LogP contribution in [0.15, 0.2) is 36.4 Å². The summed E-state index contributed by atoms with van der Waals surface area (Å²) in [7, 11) is 0. The Labute approximate surface area is 249 Å². The predicted octanol–water partition coefficient (Wildman–Crippen LogP) is 5.53. The summed E-state index contributed by atoms with van der Waals surface area (Å²) in [6.45, 7) is 4.34. The standard InChI is InChI=1S/C30H36Cl2N2O7/c1-29-10-9-26(41-28(38)34-18-4-5-20(31)21(32)12-18)30(2,15-35)25(29)8-6-22(36)19(29)13-27(37)33-14-17-3-7-23-24(11-17)40-16-39-23/h3-5,7,11-12,19,22,25-26,35-36H,6,8-10,13-16H2,1-2H3,(H,33,37)(H,34,38)/t19?,22-,25?,26-,29+,30+/m1/s1. The second-order valence-electron chi connectivity index (χ2n) is 11.8. The van der Waals surface area contributed by atoms with Crippen LogP contribution in [0.2, 0.25) is 10.0 Å². The Balaban J connectivity index is 1.25. The van der Waals surface area contributed by atoms with E-state index in [9.17, 15) is 19.8 Å². The van der Waals surface area contributed by atoms with E-state index in [0.717, 1.165) is 5.56 Å². The molecule has 0 spiro atoms. The number of hydrogen-bond acceptors (Lipinski definition) is 7. The number of nitrogens with one attached hydrogen (secondary N) is 2. The zero-order valence-corrected chi connectivity index (χ0v) is 24.6. The topological polar surface area (TPSA) is 126 Å². The molecule has 2 aromatic rings. The van der Waals surface area contributed by atoms with E-state index in [0.29, 0.717) is 59.5 Å². The zero-order chi connectivity index (χ0) is 29.4. The molecule has 2 fully saturated rings. The lowest BCUT2D eigenvalue weighted by atomic mass is 9.46. The van der Waals surface area contributed by atoms with E-state index in [1.807, 2.05) is 25.1 Å². The zero-order valence-electron chi connectivity index (χ0n) is 23.1. The molecule has 11 heteroatoms. The van der Waals surface area contributed by atoms with E-state index in [4.69, 9.17) is 37.4 Å². The number of carbonyl (C=O) groups is 2. The summed E-state index contributed by atoms with van der Waals surface area (Å²) >= 11 is 12.0. The molecule has 2 saturated carbocycles. The number of halogens is 2. The fraction of sp³-hybridized carbons (Fsp3) is 0.533. The van der Waals surface area contributed by atoms with E-state index < -0.39 is 29.1 Å². The number of aliphatic hydroxyl groups is 2. The van der Waals surface area contributed by atoms with Gasteiger partial charge in [0, 0.05) is 24.1 Å². The highest BCUT2D eigenvalue weighted by Crippen LogP contribution is 2.61. The molecule has 9 nitrogen and oxygen atoms in total. The predicted molar refractivity (Wildman–Crippen MR) is 154 cm³/mol. The number of aliphatic hydroxyl groups excluding tert-OH is 2. The van der Waals surface area contributed by atoms with E-state index >= 15 is 0 Å². The van der Waals surface area contributed by atoms with Crippen molar-refractivity contribution in [1.82, 2.24) is 5.32 Å². The van der Waals surface area contributed by atoms with Crippen LogP contribution in [-0.4, -0.2) is 47.8 Å². The molecule has 2 aliphatic carbocycles. The van der Waals surface area contributed by atoms with Crippen molar-refractivity contribution in [3.8, 4) is 11.5 Å². The molecule has 2 amide bonds. The molecular weight excluding hydrogens is 571 g/mol. The Kier molecular flexibility index (Phi) is 8.62. The monoisotopic (exact) mass is 606 g/mol. The van der Waals surface area contributed by atoms with Gasteiger partial charge in [0.2, 0.25) is 12.7 Å². The number of fused-ring (bicyclic) bond motifs is 2. The van der Waals surface area contributed by atoms with Crippen LogP contribution in [0.5, 0.6) is 11.5 Å². The van der Waals surface area contributed by atoms with Crippen LogP contribution >= 0.6 is 23.2 Å². The quantitative estimate of drug-likeness (QED) is 0.326. The first-order chi connectivity index (χ1) is 19.5. The highest BCUT2D eigenvalue weighted by atomic mass is 35.5. The third-order valence-corrected chi connectivity index (χ3v) is 10.2. The molecule has 5 rings (SSSR count). The van der Waals surface area contributed by atoms with Gasteiger partial charge in [0.05, 0.1) is 22.8 Å². The van der Waals surface area contributed by atoms with Crippen molar-refractivity contribution >= 4 is 40.9 Å². The lowest BCUT2D eigenvalue weighted by molar-refractivity contribution is -0.185. The lowest BCUT2D eigenvalue weighted by Gasteiger charge is -2.60. The summed E-state index contributed by atoms with van der Waals surface area (Å²) in [4.78, 5) is 26.0. The van der Waals surface area contributed by atoms with Gasteiger partial charge in [0.25, 0.3) is 0 Å². The molecular formula is C30H36Cl2N2O7. The lowest BCUT2D eigenvalue weighted by Crippen LogP contribution is -2.61. The summed E-state index contributed by atoms with van der Waals surface area (Å²) in [6, 6.07) is 10.3. The summed E-state index contributed by atoms with van der Waals surface area (Å²) in [5.74, 6) is 0.797. The highest BCUT2D eigenvalue weighted by molar-refractivity contribution is 6.42. The van der Waals surface area contributed by atoms with Crippen molar-refractivity contribution in [2.45, 2.75) is 64.7 Å². The number of benzene rings is 2. The summed E-state index contributed by atoms with van der Waals surface area (Å²) < 4.78 is 16.6. The van der Waals surface area contributed by atoms with Gasteiger partial charge in [0.1, 0.15) is 6.10 Å². The van der Waals surface area contributed by atoms with Crippen molar-refractivity contribution in [2.75, 3.05) is 18.7 Å². The Hall–Kier alpha value is -2.72. The molecule has 2 aromatic carbocycles. The molecule has 0 radical (unpaired) electrons. The second-order valence-corrected chi connectivity index (χ2v) is 12.6. The van der Waals surface area contributed by atoms with Gasteiger partial charge in [-0.15, -0.1) is 0 Å². The van der Waals surface area contributed by atoms with Gasteiger partial charge >= 0.3 is 6.09 Å². The van der Waals surface area contributed by atoms with Crippen LogP contribution in [0, 0.1) is 22.7 Å². The number of amides is 2. The Bertz CT molecular complexity index is 1310. The van der Waals surface area contributed by atoms with Gasteiger partial charge in [-0.25, -0.2) is 4.79 Å². The van der Waals surface area contributed by atoms with Crippen LogP contribution in [0.3, 0.4) is 0 Å². The molecule has 0 saturated heterocycles. The summed E-state index contributed by atoms with van der Waals surface area (Å²) in [5, 5.41) is 28.1. The first-order valence-electron chi connectivity index (χ1n) is 13.9. The Morgan fingerprint density at radius 1 is 1.05 bits per heavy atom. The third-order valence-electron chi connectivity index (χ3n) is 9.42. The van der Waals surface area contributed by atoms with E-state index in [-0.39, 0.29) is 37.6 Å². The third kappa shape index (κ3) is 5.95. The number of anilines is 1. The van der Waals surface area contributed by atoms with Gasteiger partial charge in [-0.1, -0.05) is 43.1 Å². The average molecular weight is 608 g/mol. The molecule has 1 heterocycles. The maximum absolute atomic E-state index is 13.1. The first kappa shape index (κ1) is 29.8. The number of rotatable bonds is 7. The van der Waals surface area contributed by atoms with Crippen LogP contribution in [-0.2, 0) is 16.1 Å². The van der Waals surface area contributed by atoms with Crippen molar-refractivity contribution < 1.29 is 34.0 Å². The van der Waals surface area contributed by atoms with Crippen LogP contribution in [0.25, 0.3) is 0 Å². The van der Waals surface area contributed by atoms with Crippen LogP contribution < -0.4 is 20.1 Å². The van der Waals surface area contributed by atoms with Gasteiger partial charge in [-0.2, -0.15) is 0 Å². The highest BCUT2D eigenvalue weighted by Gasteiger charge is 2.60. The number of hydrogen-bond donors (Lipinski definition) is 4. The smallest absolute Gasteiger partial charge is 0.411 e. The fourth-order valence-corrected chi connectivity index (χ4v) is 7.45. The van der Waals surface area contributed by atoms with Gasteiger partial charge in [-0.3, -0.25) is 10.1 Å².